The van der Waals surface area contributed by atoms with Gasteiger partial charge in [-0.25, -0.2) is 4.98 Å². The summed E-state index contributed by atoms with van der Waals surface area (Å²) in [6, 6.07) is 49.0. The van der Waals surface area contributed by atoms with E-state index in [9.17, 15) is 0 Å². The maximum absolute atomic E-state index is 6.98. The van der Waals surface area contributed by atoms with Crippen LogP contribution in [0.5, 0.6) is 11.5 Å². The van der Waals surface area contributed by atoms with E-state index in [1.54, 1.807) is 24.2 Å². The number of fused-ring (bicyclic) bond motifs is 12. The maximum atomic E-state index is 6.98. The van der Waals surface area contributed by atoms with Crippen LogP contribution in [-0.4, -0.2) is 24.9 Å². The molecule has 12 rings (SSSR count). The van der Waals surface area contributed by atoms with Crippen molar-refractivity contribution in [2.75, 3.05) is 4.90 Å². The third kappa shape index (κ3) is 4.79. The highest BCUT2D eigenvalue weighted by Gasteiger charge is 2.53. The Kier molecular flexibility index (Phi) is 7.24. The molecule has 7 heterocycles. The number of ether oxygens (including phenoxy) is 1. The van der Waals surface area contributed by atoms with Crippen LogP contribution < -0.4 is 9.64 Å². The summed E-state index contributed by atoms with van der Waals surface area (Å²) in [4.78, 5) is 28.3. The molecule has 0 saturated carbocycles. The lowest BCUT2D eigenvalue weighted by molar-refractivity contribution is 0.461. The minimum Gasteiger partial charge on any atom is -0.452 e. The number of benzene rings is 4. The molecule has 1 aliphatic carbocycles. The van der Waals surface area contributed by atoms with Gasteiger partial charge >= 0.3 is 0 Å². The van der Waals surface area contributed by atoms with Crippen LogP contribution in [0.15, 0.2) is 193 Å². The van der Waals surface area contributed by atoms with Gasteiger partial charge in [-0.05, 0) is 112 Å². The smallest absolute Gasteiger partial charge is 0.165 e. The normalized spacial score (nSPS) is 15.3. The second kappa shape index (κ2) is 12.8. The number of pyridine rings is 5. The lowest BCUT2D eigenvalue weighted by Gasteiger charge is -2.41. The Morgan fingerprint density at radius 3 is 1.98 bits per heavy atom. The molecule has 7 nitrogen and oxygen atoms in total. The molecule has 8 heteroatoms. The first kappa shape index (κ1) is 32.8. The molecule has 0 N–H and O–H groups in total. The van der Waals surface area contributed by atoms with Crippen molar-refractivity contribution in [2.45, 2.75) is 15.2 Å². The number of para-hydroxylation sites is 2. The predicted octanol–water partition coefficient (Wildman–Crippen LogP) is 12.1. The second-order valence-corrected chi connectivity index (χ2v) is 15.6. The molecule has 4 aromatic carbocycles. The molecule has 0 amide bonds. The molecule has 0 bridgehead atoms. The Morgan fingerprint density at radius 1 is 0.500 bits per heavy atom. The van der Waals surface area contributed by atoms with Crippen molar-refractivity contribution in [3.8, 4) is 56.4 Å². The largest absolute Gasteiger partial charge is 0.452 e. The van der Waals surface area contributed by atoms with Crippen molar-refractivity contribution >= 4 is 28.8 Å². The number of hydrogen-bond donors (Lipinski definition) is 0. The van der Waals surface area contributed by atoms with E-state index >= 15 is 0 Å². The minimum absolute atomic E-state index is 0.698. The summed E-state index contributed by atoms with van der Waals surface area (Å²) >= 11 is 1.76. The van der Waals surface area contributed by atoms with Gasteiger partial charge in [0.1, 0.15) is 0 Å². The van der Waals surface area contributed by atoms with E-state index in [4.69, 9.17) is 14.7 Å². The summed E-state index contributed by atoms with van der Waals surface area (Å²) in [5, 5.41) is 0. The summed E-state index contributed by atoms with van der Waals surface area (Å²) in [5.74, 6) is 1.62. The third-order valence-electron chi connectivity index (χ3n) is 11.4. The van der Waals surface area contributed by atoms with E-state index in [1.807, 2.05) is 73.4 Å². The first-order valence-electron chi connectivity index (χ1n) is 19.1. The molecule has 1 unspecified atom stereocenters. The van der Waals surface area contributed by atoms with Gasteiger partial charge in [0, 0.05) is 70.7 Å². The molecular formula is C50H30N6OS. The third-order valence-corrected chi connectivity index (χ3v) is 12.6. The van der Waals surface area contributed by atoms with Crippen LogP contribution in [-0.2, 0) is 5.41 Å². The van der Waals surface area contributed by atoms with Gasteiger partial charge in [-0.3, -0.25) is 19.9 Å². The van der Waals surface area contributed by atoms with Gasteiger partial charge in [0.05, 0.1) is 38.8 Å². The predicted molar refractivity (Wildman–Crippen MR) is 228 cm³/mol. The summed E-state index contributed by atoms with van der Waals surface area (Å²) < 4.78 is 6.98. The van der Waals surface area contributed by atoms with E-state index in [2.05, 4.69) is 117 Å². The Morgan fingerprint density at radius 2 is 1.19 bits per heavy atom. The zero-order chi connectivity index (χ0) is 38.2. The van der Waals surface area contributed by atoms with Crippen molar-refractivity contribution in [2.24, 2.45) is 0 Å². The number of aromatic nitrogens is 5. The lowest BCUT2D eigenvalue weighted by Crippen LogP contribution is -2.32. The Hall–Kier alpha value is -7.42. The second-order valence-electron chi connectivity index (χ2n) is 14.5. The van der Waals surface area contributed by atoms with Crippen molar-refractivity contribution in [1.82, 2.24) is 24.9 Å². The van der Waals surface area contributed by atoms with Gasteiger partial charge in [0.2, 0.25) is 0 Å². The topological polar surface area (TPSA) is 76.9 Å². The quantitative estimate of drug-likeness (QED) is 0.175. The summed E-state index contributed by atoms with van der Waals surface area (Å²) in [7, 11) is 0. The molecule has 5 aromatic heterocycles. The van der Waals surface area contributed by atoms with Gasteiger partial charge in [-0.1, -0.05) is 72.4 Å². The van der Waals surface area contributed by atoms with Crippen LogP contribution in [0.2, 0.25) is 0 Å². The van der Waals surface area contributed by atoms with Crippen LogP contribution in [0.4, 0.5) is 17.1 Å². The van der Waals surface area contributed by atoms with Crippen LogP contribution in [0, 0.1) is 0 Å². The molecule has 9 aromatic rings. The number of hydrogen-bond acceptors (Lipinski definition) is 8. The number of rotatable bonds is 4. The van der Waals surface area contributed by atoms with Gasteiger partial charge in [0.15, 0.2) is 11.5 Å². The van der Waals surface area contributed by atoms with Crippen molar-refractivity contribution in [1.29, 1.82) is 0 Å². The monoisotopic (exact) mass is 762 g/mol. The van der Waals surface area contributed by atoms with E-state index in [-0.39, 0.29) is 0 Å². The highest BCUT2D eigenvalue weighted by atomic mass is 32.2. The summed E-state index contributed by atoms with van der Waals surface area (Å²) in [6.07, 6.45) is 13.0. The van der Waals surface area contributed by atoms with Crippen LogP contribution in [0.25, 0.3) is 44.9 Å². The first-order chi connectivity index (χ1) is 28.8. The fraction of sp³-hybridized carbons (Fsp3) is 0.0200. The zero-order valence-electron chi connectivity index (χ0n) is 30.8. The molecule has 2 aliphatic heterocycles. The van der Waals surface area contributed by atoms with Crippen LogP contribution in [0.1, 0.15) is 22.3 Å². The van der Waals surface area contributed by atoms with Crippen molar-refractivity contribution in [3.05, 3.63) is 205 Å². The maximum Gasteiger partial charge on any atom is 0.165 e. The Bertz CT molecular complexity index is 3030. The van der Waals surface area contributed by atoms with Gasteiger partial charge in [-0.15, -0.1) is 0 Å². The Balaban J connectivity index is 1.09. The fourth-order valence-corrected chi connectivity index (χ4v) is 10.3. The molecular weight excluding hydrogens is 733 g/mol. The van der Waals surface area contributed by atoms with Crippen molar-refractivity contribution < 1.29 is 4.74 Å². The van der Waals surface area contributed by atoms with Crippen LogP contribution >= 0.6 is 11.8 Å². The number of nitrogens with zero attached hydrogens (tertiary/aromatic N) is 6. The van der Waals surface area contributed by atoms with Gasteiger partial charge in [0.25, 0.3) is 0 Å². The minimum atomic E-state index is -0.698. The summed E-state index contributed by atoms with van der Waals surface area (Å²) in [5.41, 5.74) is 14.6. The fourth-order valence-electron chi connectivity index (χ4n) is 8.98. The molecule has 0 fully saturated rings. The van der Waals surface area contributed by atoms with Gasteiger partial charge < -0.3 is 9.64 Å². The SMILES string of the molecule is c1cncc(-c2cc(-c3cccnc3)cc(-c3ccc4c(n3)-c3ncccc3C43c4ccccc4Sc4c3ccc3c4Oc4ccccc4N3c3ccncc3)c2)c1. The standard InChI is InChI=1S/C50H30N6OS/c1-4-14-45-37(10-1)50(40-16-18-43-48(49(40)58-45)57-44-13-3-2-12-42(44)56(43)36-19-24-51-25-20-36)38-11-7-23-54-46(38)47-39(50)15-17-41(55-47)35-27-33(31-8-5-21-52-29-31)26-34(28-35)32-9-6-22-53-30-32/h1-30H. The summed E-state index contributed by atoms with van der Waals surface area (Å²) in [6.45, 7) is 0. The molecule has 1 spiro atoms. The number of anilines is 3. The van der Waals surface area contributed by atoms with E-state index in [1.165, 1.54) is 10.5 Å². The molecule has 1 atom stereocenters. The molecule has 58 heavy (non-hydrogen) atoms. The average molecular weight is 763 g/mol. The van der Waals surface area contributed by atoms with Crippen molar-refractivity contribution in [3.63, 3.8) is 0 Å². The molecule has 0 saturated heterocycles. The van der Waals surface area contributed by atoms with E-state index < -0.39 is 5.41 Å². The van der Waals surface area contributed by atoms with E-state index in [0.717, 1.165) is 95.0 Å². The van der Waals surface area contributed by atoms with Gasteiger partial charge in [-0.2, -0.15) is 0 Å². The Labute approximate surface area is 338 Å². The first-order valence-corrected chi connectivity index (χ1v) is 19.9. The molecule has 3 aliphatic rings. The average Bonchev–Trinajstić information content (AvgIpc) is 3.59. The highest BCUT2D eigenvalue weighted by Crippen LogP contribution is 2.65. The highest BCUT2D eigenvalue weighted by molar-refractivity contribution is 7.99. The molecule has 0 radical (unpaired) electrons. The zero-order valence-corrected chi connectivity index (χ0v) is 31.6. The lowest BCUT2D eigenvalue weighted by atomic mass is 9.67. The van der Waals surface area contributed by atoms with E-state index in [0.29, 0.717) is 0 Å². The molecule has 272 valence electrons. The van der Waals surface area contributed by atoms with Crippen LogP contribution in [0.3, 0.4) is 0 Å².